The summed E-state index contributed by atoms with van der Waals surface area (Å²) >= 11 is 2.25. The first-order valence-electron chi connectivity index (χ1n) is 4.87. The molecule has 2 rings (SSSR count). The highest BCUT2D eigenvalue weighted by molar-refractivity contribution is 14.1. The maximum absolute atomic E-state index is 11.0. The fraction of sp³-hybridized carbons (Fsp3) is 0.364. The van der Waals surface area contributed by atoms with E-state index in [1.807, 2.05) is 24.3 Å². The van der Waals surface area contributed by atoms with E-state index in [0.717, 1.165) is 12.1 Å². The molecule has 0 radical (unpaired) electrons. The number of halogens is 1. The minimum Gasteiger partial charge on any atom is -0.481 e. The zero-order valence-electron chi connectivity index (χ0n) is 8.11. The van der Waals surface area contributed by atoms with E-state index in [4.69, 9.17) is 5.11 Å². The lowest BCUT2D eigenvalue weighted by Gasteiger charge is -2.14. The summed E-state index contributed by atoms with van der Waals surface area (Å²) in [6, 6.07) is 8.09. The van der Waals surface area contributed by atoms with Gasteiger partial charge in [0, 0.05) is 22.6 Å². The molecule has 0 bridgehead atoms. The lowest BCUT2D eigenvalue weighted by atomic mass is 9.89. The summed E-state index contributed by atoms with van der Waals surface area (Å²) in [5, 5.41) is 12.2. The zero-order valence-corrected chi connectivity index (χ0v) is 10.3. The van der Waals surface area contributed by atoms with E-state index < -0.39 is 5.97 Å². The van der Waals surface area contributed by atoms with Crippen molar-refractivity contribution in [1.82, 2.24) is 5.32 Å². The van der Waals surface area contributed by atoms with Crippen LogP contribution < -0.4 is 5.32 Å². The minimum absolute atomic E-state index is 0.111. The van der Waals surface area contributed by atoms with Crippen molar-refractivity contribution in [3.8, 4) is 0 Å². The molecule has 15 heavy (non-hydrogen) atoms. The largest absolute Gasteiger partial charge is 0.481 e. The molecule has 0 spiro atoms. The first-order chi connectivity index (χ1) is 7.18. The van der Waals surface area contributed by atoms with Crippen molar-refractivity contribution in [2.45, 2.75) is 5.92 Å². The molecule has 3 nitrogen and oxygen atoms in total. The number of rotatable bonds is 2. The van der Waals surface area contributed by atoms with Crippen molar-refractivity contribution >= 4 is 28.6 Å². The molecule has 80 valence electrons. The molecule has 2 N–H and O–H groups in total. The molecule has 1 heterocycles. The molecule has 0 aliphatic carbocycles. The smallest absolute Gasteiger partial charge is 0.308 e. The van der Waals surface area contributed by atoms with Crippen LogP contribution in [0.25, 0.3) is 0 Å². The first kappa shape index (κ1) is 10.9. The number of benzene rings is 1. The van der Waals surface area contributed by atoms with Gasteiger partial charge >= 0.3 is 5.97 Å². The molecule has 1 aliphatic heterocycles. The predicted octanol–water partition coefficient (Wildman–Crippen LogP) is 1.68. The van der Waals surface area contributed by atoms with Crippen molar-refractivity contribution in [1.29, 1.82) is 0 Å². The van der Waals surface area contributed by atoms with Crippen molar-refractivity contribution in [2.75, 3.05) is 13.1 Å². The summed E-state index contributed by atoms with van der Waals surface area (Å²) < 4.78 is 1.18. The maximum Gasteiger partial charge on any atom is 0.308 e. The minimum atomic E-state index is -0.705. The van der Waals surface area contributed by atoms with E-state index in [1.54, 1.807) is 0 Å². The Kier molecular flexibility index (Phi) is 3.25. The SMILES string of the molecule is O=C(O)[C@@H]1CNC[C@H]1c1ccc(I)cc1. The fourth-order valence-corrected chi connectivity index (χ4v) is 2.36. The van der Waals surface area contributed by atoms with Gasteiger partial charge in [0.15, 0.2) is 0 Å². The summed E-state index contributed by atoms with van der Waals surface area (Å²) in [5.41, 5.74) is 1.12. The van der Waals surface area contributed by atoms with E-state index in [0.29, 0.717) is 6.54 Å². The number of nitrogens with one attached hydrogen (secondary N) is 1. The van der Waals surface area contributed by atoms with Crippen LogP contribution in [0.2, 0.25) is 0 Å². The topological polar surface area (TPSA) is 49.3 Å². The standard InChI is InChI=1S/C11H12INO2/c12-8-3-1-7(2-4-8)9-5-13-6-10(9)11(14)15/h1-4,9-10,13H,5-6H2,(H,14,15)/t9-,10+/m0/s1. The molecule has 0 unspecified atom stereocenters. The molecule has 1 aromatic rings. The third-order valence-electron chi connectivity index (χ3n) is 2.83. The van der Waals surface area contributed by atoms with Crippen LogP contribution in [0.3, 0.4) is 0 Å². The summed E-state index contributed by atoms with van der Waals surface area (Å²) in [6.45, 7) is 1.34. The second-order valence-corrected chi connectivity index (χ2v) is 5.01. The van der Waals surface area contributed by atoms with Crippen molar-refractivity contribution in [2.24, 2.45) is 5.92 Å². The molecule has 1 aromatic carbocycles. The molecular weight excluding hydrogens is 305 g/mol. The number of aliphatic carboxylic acids is 1. The molecule has 1 fully saturated rings. The van der Waals surface area contributed by atoms with Gasteiger partial charge in [-0.1, -0.05) is 12.1 Å². The number of carbonyl (C=O) groups is 1. The second-order valence-electron chi connectivity index (χ2n) is 3.76. The van der Waals surface area contributed by atoms with E-state index in [9.17, 15) is 4.79 Å². The molecule has 0 aromatic heterocycles. The van der Waals surface area contributed by atoms with Crippen molar-refractivity contribution in [3.05, 3.63) is 33.4 Å². The number of hydrogen-bond donors (Lipinski definition) is 2. The summed E-state index contributed by atoms with van der Waals surface area (Å²) in [7, 11) is 0. The number of carboxylic acid groups (broad SMARTS) is 1. The van der Waals surface area contributed by atoms with Gasteiger partial charge in [0.05, 0.1) is 5.92 Å². The van der Waals surface area contributed by atoms with Gasteiger partial charge < -0.3 is 10.4 Å². The normalized spacial score (nSPS) is 25.4. The summed E-state index contributed by atoms with van der Waals surface area (Å²) in [6.07, 6.45) is 0. The third-order valence-corrected chi connectivity index (χ3v) is 3.55. The first-order valence-corrected chi connectivity index (χ1v) is 5.95. The van der Waals surface area contributed by atoms with Crippen LogP contribution in [-0.4, -0.2) is 24.2 Å². The highest BCUT2D eigenvalue weighted by atomic mass is 127. The molecule has 0 saturated carbocycles. The Bertz CT molecular complexity index is 363. The van der Waals surface area contributed by atoms with Crippen molar-refractivity contribution < 1.29 is 9.90 Å². The highest BCUT2D eigenvalue weighted by Gasteiger charge is 2.33. The highest BCUT2D eigenvalue weighted by Crippen LogP contribution is 2.28. The summed E-state index contributed by atoms with van der Waals surface area (Å²) in [4.78, 5) is 11.0. The summed E-state index contributed by atoms with van der Waals surface area (Å²) in [5.74, 6) is -0.881. The van der Waals surface area contributed by atoms with Gasteiger partial charge in [-0.15, -0.1) is 0 Å². The average Bonchev–Trinajstić information content (AvgIpc) is 2.67. The number of carboxylic acids is 1. The third kappa shape index (κ3) is 2.31. The van der Waals surface area contributed by atoms with Gasteiger partial charge in [0.25, 0.3) is 0 Å². The molecule has 1 saturated heterocycles. The Morgan fingerprint density at radius 2 is 2.00 bits per heavy atom. The van der Waals surface area contributed by atoms with Gasteiger partial charge in [-0.25, -0.2) is 0 Å². The molecule has 0 amide bonds. The van der Waals surface area contributed by atoms with Gasteiger partial charge in [-0.3, -0.25) is 4.79 Å². The maximum atomic E-state index is 11.0. The van der Waals surface area contributed by atoms with Gasteiger partial charge in [0.2, 0.25) is 0 Å². The fourth-order valence-electron chi connectivity index (χ4n) is 2.00. The van der Waals surface area contributed by atoms with E-state index >= 15 is 0 Å². The Morgan fingerprint density at radius 3 is 2.60 bits per heavy atom. The molecular formula is C11H12INO2. The quantitative estimate of drug-likeness (QED) is 0.816. The van der Waals surface area contributed by atoms with Crippen LogP contribution in [0.5, 0.6) is 0 Å². The predicted molar refractivity (Wildman–Crippen MR) is 65.9 cm³/mol. The average molecular weight is 317 g/mol. The lowest BCUT2D eigenvalue weighted by Crippen LogP contribution is -2.20. The van der Waals surface area contributed by atoms with Crippen LogP contribution in [-0.2, 0) is 4.79 Å². The van der Waals surface area contributed by atoms with Gasteiger partial charge in [-0.2, -0.15) is 0 Å². The van der Waals surface area contributed by atoms with Crippen LogP contribution in [0.1, 0.15) is 11.5 Å². The van der Waals surface area contributed by atoms with Crippen LogP contribution in [0.15, 0.2) is 24.3 Å². The van der Waals surface area contributed by atoms with Crippen molar-refractivity contribution in [3.63, 3.8) is 0 Å². The van der Waals surface area contributed by atoms with E-state index in [2.05, 4.69) is 27.9 Å². The number of hydrogen-bond acceptors (Lipinski definition) is 2. The Hall–Kier alpha value is -0.620. The van der Waals surface area contributed by atoms with Crippen LogP contribution in [0, 0.1) is 9.49 Å². The zero-order chi connectivity index (χ0) is 10.8. The second kappa shape index (κ2) is 4.49. The van der Waals surface area contributed by atoms with Gasteiger partial charge in [0.1, 0.15) is 0 Å². The Morgan fingerprint density at radius 1 is 1.33 bits per heavy atom. The van der Waals surface area contributed by atoms with Gasteiger partial charge in [-0.05, 0) is 40.3 Å². The van der Waals surface area contributed by atoms with Crippen LogP contribution >= 0.6 is 22.6 Å². The lowest BCUT2D eigenvalue weighted by molar-refractivity contribution is -0.141. The Balaban J connectivity index is 2.22. The Labute approximate surface area is 102 Å². The molecule has 4 heteroatoms. The van der Waals surface area contributed by atoms with E-state index in [1.165, 1.54) is 3.57 Å². The molecule has 2 atom stereocenters. The monoisotopic (exact) mass is 317 g/mol. The van der Waals surface area contributed by atoms with Crippen LogP contribution in [0.4, 0.5) is 0 Å². The molecule has 1 aliphatic rings. The van der Waals surface area contributed by atoms with E-state index in [-0.39, 0.29) is 11.8 Å².